The zero-order valence-corrected chi connectivity index (χ0v) is 18.2. The molecule has 160 valence electrons. The first-order valence-corrected chi connectivity index (χ1v) is 11.0. The first-order chi connectivity index (χ1) is 16.3. The molecule has 0 saturated carbocycles. The van der Waals surface area contributed by atoms with Crippen molar-refractivity contribution in [2.45, 2.75) is 18.4 Å². The van der Waals surface area contributed by atoms with Gasteiger partial charge in [-0.1, -0.05) is 121 Å². The fourth-order valence-electron chi connectivity index (χ4n) is 3.91. The van der Waals surface area contributed by atoms with Crippen LogP contribution in [-0.4, -0.2) is 17.5 Å². The van der Waals surface area contributed by atoms with Gasteiger partial charge in [-0.05, 0) is 5.56 Å². The predicted octanol–water partition coefficient (Wildman–Crippen LogP) is 6.47. The van der Waals surface area contributed by atoms with Gasteiger partial charge in [0.25, 0.3) is 0 Å². The minimum Gasteiger partial charge on any atom is -0.294 e. The lowest BCUT2D eigenvalue weighted by molar-refractivity contribution is 0.0972. The SMILES string of the molecule is N#CC(N=C(c1ccccc1)c1ccccc1)C(CC(=O)c1ccccc1)c1ccccc1. The van der Waals surface area contributed by atoms with Crippen molar-refractivity contribution in [1.29, 1.82) is 5.26 Å². The minimum atomic E-state index is -0.726. The molecule has 0 aliphatic rings. The average molecular weight is 429 g/mol. The van der Waals surface area contributed by atoms with Crippen molar-refractivity contribution in [1.82, 2.24) is 0 Å². The van der Waals surface area contributed by atoms with Crippen molar-refractivity contribution in [2.75, 3.05) is 0 Å². The van der Waals surface area contributed by atoms with Gasteiger partial charge in [0.15, 0.2) is 5.78 Å². The first-order valence-electron chi connectivity index (χ1n) is 11.0. The summed E-state index contributed by atoms with van der Waals surface area (Å²) in [5.74, 6) is -0.368. The van der Waals surface area contributed by atoms with E-state index in [0.29, 0.717) is 5.56 Å². The van der Waals surface area contributed by atoms with Gasteiger partial charge in [0, 0.05) is 29.0 Å². The molecule has 3 nitrogen and oxygen atoms in total. The molecular formula is C30H24N2O. The smallest absolute Gasteiger partial charge is 0.163 e. The second-order valence-electron chi connectivity index (χ2n) is 7.79. The third-order valence-corrected chi connectivity index (χ3v) is 5.60. The standard InChI is InChI=1S/C30H24N2O/c31-22-28(32-30(25-17-9-3-10-18-25)26-19-11-4-12-20-26)27(23-13-5-1-6-14-23)21-29(33)24-15-7-2-8-16-24/h1-20,27-28H,21H2. The van der Waals surface area contributed by atoms with Crippen LogP contribution in [0.4, 0.5) is 0 Å². The fraction of sp³-hybridized carbons (Fsp3) is 0.100. The van der Waals surface area contributed by atoms with Crippen LogP contribution < -0.4 is 0 Å². The molecule has 0 aliphatic heterocycles. The molecule has 3 heteroatoms. The Bertz CT molecular complexity index is 1200. The molecule has 0 heterocycles. The Balaban J connectivity index is 1.77. The molecule has 0 radical (unpaired) electrons. The van der Waals surface area contributed by atoms with E-state index >= 15 is 0 Å². The van der Waals surface area contributed by atoms with Crippen molar-refractivity contribution in [3.8, 4) is 6.07 Å². The Morgan fingerprint density at radius 3 is 1.55 bits per heavy atom. The summed E-state index contributed by atoms with van der Waals surface area (Å²) in [4.78, 5) is 18.1. The molecule has 0 aromatic heterocycles. The van der Waals surface area contributed by atoms with Crippen molar-refractivity contribution in [2.24, 2.45) is 4.99 Å². The summed E-state index contributed by atoms with van der Waals surface area (Å²) in [5.41, 5.74) is 4.19. The monoisotopic (exact) mass is 428 g/mol. The molecule has 0 fully saturated rings. The largest absolute Gasteiger partial charge is 0.294 e. The summed E-state index contributed by atoms with van der Waals surface area (Å²) < 4.78 is 0. The van der Waals surface area contributed by atoms with E-state index in [-0.39, 0.29) is 18.1 Å². The Morgan fingerprint density at radius 1 is 0.667 bits per heavy atom. The van der Waals surface area contributed by atoms with Gasteiger partial charge in [-0.15, -0.1) is 0 Å². The highest BCUT2D eigenvalue weighted by Gasteiger charge is 2.27. The van der Waals surface area contributed by atoms with Crippen LogP contribution in [0.5, 0.6) is 0 Å². The summed E-state index contributed by atoms with van der Waals surface area (Å²) in [6.07, 6.45) is 0.201. The van der Waals surface area contributed by atoms with E-state index in [2.05, 4.69) is 6.07 Å². The number of hydrogen-bond donors (Lipinski definition) is 0. The lowest BCUT2D eigenvalue weighted by atomic mass is 9.86. The van der Waals surface area contributed by atoms with E-state index in [9.17, 15) is 10.1 Å². The van der Waals surface area contributed by atoms with Crippen LogP contribution in [0.15, 0.2) is 126 Å². The fourth-order valence-corrected chi connectivity index (χ4v) is 3.91. The number of aliphatic imine (C=N–C) groups is 1. The summed E-state index contributed by atoms with van der Waals surface area (Å²) in [5, 5.41) is 10.2. The lowest BCUT2D eigenvalue weighted by Crippen LogP contribution is -2.21. The van der Waals surface area contributed by atoms with Gasteiger partial charge < -0.3 is 0 Å². The van der Waals surface area contributed by atoms with Crippen molar-refractivity contribution in [3.05, 3.63) is 144 Å². The molecule has 0 saturated heterocycles. The van der Waals surface area contributed by atoms with E-state index < -0.39 is 6.04 Å². The van der Waals surface area contributed by atoms with Crippen molar-refractivity contribution >= 4 is 11.5 Å². The van der Waals surface area contributed by atoms with Crippen molar-refractivity contribution in [3.63, 3.8) is 0 Å². The number of rotatable bonds is 8. The van der Waals surface area contributed by atoms with Crippen LogP contribution in [0.3, 0.4) is 0 Å². The van der Waals surface area contributed by atoms with Gasteiger partial charge in [0.05, 0.1) is 11.8 Å². The molecule has 0 aliphatic carbocycles. The second-order valence-corrected chi connectivity index (χ2v) is 7.79. The van der Waals surface area contributed by atoms with E-state index in [0.717, 1.165) is 22.4 Å². The molecule has 4 rings (SSSR count). The molecule has 2 atom stereocenters. The lowest BCUT2D eigenvalue weighted by Gasteiger charge is -2.21. The number of Topliss-reactive ketones (excluding diaryl/α,β-unsaturated/α-hetero) is 1. The normalized spacial score (nSPS) is 12.2. The van der Waals surface area contributed by atoms with Crippen LogP contribution in [0.1, 0.15) is 39.4 Å². The second kappa shape index (κ2) is 10.8. The predicted molar refractivity (Wildman–Crippen MR) is 132 cm³/mol. The summed E-state index contributed by atoms with van der Waals surface area (Å²) in [6, 6.07) is 40.4. The van der Waals surface area contributed by atoms with Gasteiger partial charge in [0.2, 0.25) is 0 Å². The number of carbonyl (C=O) groups excluding carboxylic acids is 1. The highest BCUT2D eigenvalue weighted by atomic mass is 16.1. The molecule has 0 amide bonds. The van der Waals surface area contributed by atoms with E-state index in [4.69, 9.17) is 4.99 Å². The maximum Gasteiger partial charge on any atom is 0.163 e. The topological polar surface area (TPSA) is 53.2 Å². The molecular weight excluding hydrogens is 404 g/mol. The van der Waals surface area contributed by atoms with E-state index in [1.807, 2.05) is 121 Å². The Kier molecular flexibility index (Phi) is 7.20. The highest BCUT2D eigenvalue weighted by molar-refractivity contribution is 6.13. The van der Waals surface area contributed by atoms with Crippen molar-refractivity contribution < 1.29 is 4.79 Å². The van der Waals surface area contributed by atoms with Gasteiger partial charge in [-0.25, -0.2) is 0 Å². The Hall–Kier alpha value is -4.29. The molecule has 4 aromatic carbocycles. The molecule has 33 heavy (non-hydrogen) atoms. The van der Waals surface area contributed by atoms with Crippen LogP contribution in [0.2, 0.25) is 0 Å². The van der Waals surface area contributed by atoms with E-state index in [1.165, 1.54) is 0 Å². The third-order valence-electron chi connectivity index (χ3n) is 5.60. The maximum absolute atomic E-state index is 13.1. The molecule has 4 aromatic rings. The average Bonchev–Trinajstić information content (AvgIpc) is 2.90. The molecule has 0 spiro atoms. The number of nitrogens with zero attached hydrogens (tertiary/aromatic N) is 2. The number of benzene rings is 4. The summed E-state index contributed by atoms with van der Waals surface area (Å²) >= 11 is 0. The van der Waals surface area contributed by atoms with Crippen LogP contribution in [0, 0.1) is 11.3 Å². The highest BCUT2D eigenvalue weighted by Crippen LogP contribution is 2.28. The molecule has 2 unspecified atom stereocenters. The first kappa shape index (κ1) is 21.9. The minimum absolute atomic E-state index is 0.000810. The molecule has 0 bridgehead atoms. The maximum atomic E-state index is 13.1. The molecule has 0 N–H and O–H groups in total. The Morgan fingerprint density at radius 2 is 1.09 bits per heavy atom. The zero-order chi connectivity index (χ0) is 22.9. The van der Waals surface area contributed by atoms with Crippen LogP contribution in [0.25, 0.3) is 0 Å². The third kappa shape index (κ3) is 5.50. The van der Waals surface area contributed by atoms with Gasteiger partial charge in [0.1, 0.15) is 6.04 Å². The van der Waals surface area contributed by atoms with Crippen LogP contribution in [-0.2, 0) is 0 Å². The summed E-state index contributed by atoms with van der Waals surface area (Å²) in [6.45, 7) is 0. The van der Waals surface area contributed by atoms with E-state index in [1.54, 1.807) is 0 Å². The Labute approximate surface area is 194 Å². The summed E-state index contributed by atoms with van der Waals surface area (Å²) in [7, 11) is 0. The zero-order valence-electron chi connectivity index (χ0n) is 18.2. The number of ketones is 1. The van der Waals surface area contributed by atoms with Gasteiger partial charge >= 0.3 is 0 Å². The number of carbonyl (C=O) groups is 1. The number of hydrogen-bond acceptors (Lipinski definition) is 3. The number of nitriles is 1. The quantitative estimate of drug-likeness (QED) is 0.238. The van der Waals surface area contributed by atoms with Gasteiger partial charge in [-0.2, -0.15) is 5.26 Å². The van der Waals surface area contributed by atoms with Gasteiger partial charge in [-0.3, -0.25) is 9.79 Å². The van der Waals surface area contributed by atoms with Crippen LogP contribution >= 0.6 is 0 Å².